The lowest BCUT2D eigenvalue weighted by Crippen LogP contribution is -1.92. The fourth-order valence-corrected chi connectivity index (χ4v) is 1.91. The number of hydrogen-bond donors (Lipinski definition) is 0. The highest BCUT2D eigenvalue weighted by atomic mass is 127. The van der Waals surface area contributed by atoms with Crippen molar-refractivity contribution in [2.75, 3.05) is 6.61 Å². The van der Waals surface area contributed by atoms with Crippen LogP contribution in [0, 0.1) is 3.77 Å². The van der Waals surface area contributed by atoms with Gasteiger partial charge in [0.25, 0.3) is 0 Å². The van der Waals surface area contributed by atoms with Gasteiger partial charge in [0.15, 0.2) is 3.77 Å². The Labute approximate surface area is 79.1 Å². The van der Waals surface area contributed by atoms with Crippen molar-refractivity contribution < 1.29 is 13.5 Å². The quantitative estimate of drug-likeness (QED) is 0.632. The molecule has 1 heterocycles. The second-order valence-electron chi connectivity index (χ2n) is 1.75. The van der Waals surface area contributed by atoms with Gasteiger partial charge in [-0.2, -0.15) is 0 Å². The minimum atomic E-state index is -1.78. The highest BCUT2D eigenvalue weighted by molar-refractivity contribution is 14.1. The Morgan fingerprint density at radius 3 is 2.91 bits per heavy atom. The highest BCUT2D eigenvalue weighted by Gasteiger charge is 2.25. The monoisotopic (exact) mass is 285 g/mol. The van der Waals surface area contributed by atoms with Gasteiger partial charge in [0.05, 0.1) is 0 Å². The fraction of sp³-hybridized carbons (Fsp3) is 0.333. The van der Waals surface area contributed by atoms with Crippen LogP contribution in [0.3, 0.4) is 0 Å². The van der Waals surface area contributed by atoms with Crippen molar-refractivity contribution in [2.24, 2.45) is 0 Å². The van der Waals surface area contributed by atoms with Crippen LogP contribution in [0.25, 0.3) is 0 Å². The van der Waals surface area contributed by atoms with Gasteiger partial charge in [0.1, 0.15) is 6.61 Å². The normalized spacial score (nSPS) is 11.6. The van der Waals surface area contributed by atoms with Crippen LogP contribution in [0.15, 0.2) is 16.5 Å². The van der Waals surface area contributed by atoms with E-state index >= 15 is 0 Å². The molecular weight excluding hydrogens is 278 g/mol. The fourth-order valence-electron chi connectivity index (χ4n) is 0.584. The lowest BCUT2D eigenvalue weighted by molar-refractivity contribution is 0.352. The molecule has 0 amide bonds. The van der Waals surface area contributed by atoms with E-state index < -0.39 is 8.03 Å². The molecule has 0 aliphatic rings. The summed E-state index contributed by atoms with van der Waals surface area (Å²) in [5.41, 5.74) is 0.409. The average molecular weight is 285 g/mol. The van der Waals surface area contributed by atoms with Gasteiger partial charge in [-0.1, -0.05) is 0 Å². The zero-order chi connectivity index (χ0) is 8.27. The van der Waals surface area contributed by atoms with Crippen LogP contribution < -0.4 is 5.50 Å². The number of furan rings is 1. The maximum Gasteiger partial charge on any atom is 0.588 e. The summed E-state index contributed by atoms with van der Waals surface area (Å²) < 4.78 is 21.7. The van der Waals surface area contributed by atoms with E-state index in [-0.39, 0.29) is 0 Å². The lowest BCUT2D eigenvalue weighted by Gasteiger charge is -1.78. The van der Waals surface area contributed by atoms with Crippen LogP contribution in [0.1, 0.15) is 6.92 Å². The molecule has 1 atom stereocenters. The topological polar surface area (TPSA) is 39.4 Å². The van der Waals surface area contributed by atoms with Crippen molar-refractivity contribution in [2.45, 2.75) is 6.92 Å². The molecule has 0 radical (unpaired) electrons. The van der Waals surface area contributed by atoms with Crippen molar-refractivity contribution in [1.29, 1.82) is 0 Å². The van der Waals surface area contributed by atoms with Gasteiger partial charge in [0, 0.05) is 6.07 Å². The molecule has 0 saturated heterocycles. The van der Waals surface area contributed by atoms with Crippen molar-refractivity contribution in [1.82, 2.24) is 0 Å². The second-order valence-corrected chi connectivity index (χ2v) is 4.03. The van der Waals surface area contributed by atoms with Crippen LogP contribution in [0.4, 0.5) is 0 Å². The first kappa shape index (κ1) is 9.16. The second kappa shape index (κ2) is 4.18. The maximum absolute atomic E-state index is 11.1. The van der Waals surface area contributed by atoms with E-state index in [1.54, 1.807) is 19.1 Å². The van der Waals surface area contributed by atoms with E-state index in [2.05, 4.69) is 0 Å². The van der Waals surface area contributed by atoms with Crippen molar-refractivity contribution >= 4 is 36.1 Å². The largest absolute Gasteiger partial charge is 0.588 e. The van der Waals surface area contributed by atoms with Crippen LogP contribution in [0.2, 0.25) is 0 Å². The molecule has 3 nitrogen and oxygen atoms in total. The summed E-state index contributed by atoms with van der Waals surface area (Å²) in [7, 11) is -1.78. The highest BCUT2D eigenvalue weighted by Crippen LogP contribution is 2.22. The number of rotatable bonds is 3. The summed E-state index contributed by atoms with van der Waals surface area (Å²) in [6.45, 7) is 2.23. The molecule has 0 spiro atoms. The molecule has 0 N–H and O–H groups in total. The third-order valence-corrected chi connectivity index (χ3v) is 2.66. The Morgan fingerprint density at radius 1 is 1.73 bits per heavy atom. The van der Waals surface area contributed by atoms with Crippen LogP contribution in [0.5, 0.6) is 0 Å². The van der Waals surface area contributed by atoms with Gasteiger partial charge in [-0.25, -0.2) is 0 Å². The molecule has 0 aliphatic carbocycles. The molecular formula is C6H7IO3P+. The molecule has 0 bridgehead atoms. The molecule has 1 unspecified atom stereocenters. The predicted molar refractivity (Wildman–Crippen MR) is 50.3 cm³/mol. The molecule has 5 heteroatoms. The molecule has 1 aromatic heterocycles. The van der Waals surface area contributed by atoms with Gasteiger partial charge >= 0.3 is 13.5 Å². The smallest absolute Gasteiger partial charge is 0.410 e. The summed E-state index contributed by atoms with van der Waals surface area (Å²) in [4.78, 5) is 0. The van der Waals surface area contributed by atoms with Gasteiger partial charge in [0.2, 0.25) is 0 Å². The van der Waals surface area contributed by atoms with E-state index in [0.29, 0.717) is 12.1 Å². The number of halogens is 1. The first-order valence-corrected chi connectivity index (χ1v) is 5.35. The molecule has 1 rings (SSSR count). The minimum Gasteiger partial charge on any atom is -0.410 e. The SMILES string of the molecule is CCO[P+](=O)c1ccc(I)o1. The summed E-state index contributed by atoms with van der Waals surface area (Å²) in [5.74, 6) is 0. The van der Waals surface area contributed by atoms with E-state index in [0.717, 1.165) is 3.77 Å². The van der Waals surface area contributed by atoms with Gasteiger partial charge in [-0.3, -0.25) is 0 Å². The Kier molecular flexibility index (Phi) is 3.48. The molecule has 11 heavy (non-hydrogen) atoms. The average Bonchev–Trinajstić information content (AvgIpc) is 2.36. The third kappa shape index (κ3) is 2.54. The van der Waals surface area contributed by atoms with Gasteiger partial charge < -0.3 is 4.42 Å². The Bertz CT molecular complexity index is 258. The van der Waals surface area contributed by atoms with Crippen molar-refractivity contribution in [3.05, 3.63) is 15.9 Å². The van der Waals surface area contributed by atoms with E-state index in [1.165, 1.54) is 0 Å². The molecule has 0 aromatic carbocycles. The summed E-state index contributed by atoms with van der Waals surface area (Å²) in [6, 6.07) is 3.41. The number of hydrogen-bond acceptors (Lipinski definition) is 3. The maximum atomic E-state index is 11.1. The van der Waals surface area contributed by atoms with Crippen molar-refractivity contribution in [3.63, 3.8) is 0 Å². The standard InChI is InChI=1S/C6H7IO3P/c1-2-9-11(8)6-4-3-5(7)10-6/h3-4H,2H2,1H3/q+1. The van der Waals surface area contributed by atoms with E-state index in [4.69, 9.17) is 8.94 Å². The molecule has 60 valence electrons. The third-order valence-electron chi connectivity index (χ3n) is 0.985. The zero-order valence-corrected chi connectivity index (χ0v) is 8.96. The van der Waals surface area contributed by atoms with Gasteiger partial charge in [-0.05, 0) is 40.1 Å². The molecule has 1 aromatic rings. The minimum absolute atomic E-state index is 0.409. The Morgan fingerprint density at radius 2 is 2.45 bits per heavy atom. The Balaban J connectivity index is 2.69. The molecule has 0 saturated carbocycles. The van der Waals surface area contributed by atoms with Crippen LogP contribution in [-0.4, -0.2) is 6.61 Å². The lowest BCUT2D eigenvalue weighted by atomic mass is 10.7. The zero-order valence-electron chi connectivity index (χ0n) is 5.91. The summed E-state index contributed by atoms with van der Waals surface area (Å²) in [5, 5.41) is 0. The van der Waals surface area contributed by atoms with E-state index in [1.807, 2.05) is 22.6 Å². The van der Waals surface area contributed by atoms with Crippen molar-refractivity contribution in [3.8, 4) is 0 Å². The predicted octanol–water partition coefficient (Wildman–Crippen LogP) is 2.29. The molecule has 0 aliphatic heterocycles. The van der Waals surface area contributed by atoms with Gasteiger partial charge in [-0.15, -0.1) is 4.52 Å². The molecule has 0 fully saturated rings. The Hall–Kier alpha value is 0.0700. The summed E-state index contributed by atoms with van der Waals surface area (Å²) in [6.07, 6.45) is 0. The first-order chi connectivity index (χ1) is 5.24. The van der Waals surface area contributed by atoms with E-state index in [9.17, 15) is 4.57 Å². The summed E-state index contributed by atoms with van der Waals surface area (Å²) >= 11 is 2.01. The van der Waals surface area contributed by atoms with Crippen LogP contribution >= 0.6 is 30.6 Å². The first-order valence-electron chi connectivity index (χ1n) is 3.09. The van der Waals surface area contributed by atoms with Crippen LogP contribution in [-0.2, 0) is 9.09 Å².